The van der Waals surface area contributed by atoms with Gasteiger partial charge in [-0.15, -0.1) is 0 Å². The summed E-state index contributed by atoms with van der Waals surface area (Å²) in [4.78, 5) is 21.1. The Labute approximate surface area is 52.7 Å². The Bertz CT molecular complexity index is 169. The molecule has 0 saturated heterocycles. The van der Waals surface area contributed by atoms with E-state index in [1.807, 2.05) is 0 Å². The summed E-state index contributed by atoms with van der Waals surface area (Å²) in [7, 11) is 0. The average Bonchev–Trinajstić information content (AvgIpc) is 1.79. The highest BCUT2D eigenvalue weighted by molar-refractivity contribution is 6.10. The zero-order valence-electron chi connectivity index (χ0n) is 5.18. The summed E-state index contributed by atoms with van der Waals surface area (Å²) >= 11 is 0. The Morgan fingerprint density at radius 1 is 1.56 bits per heavy atom. The van der Waals surface area contributed by atoms with Crippen molar-refractivity contribution in [1.82, 2.24) is 0 Å². The molecule has 1 rings (SSSR count). The van der Waals surface area contributed by atoms with Crippen molar-refractivity contribution in [2.75, 3.05) is 0 Å². The van der Waals surface area contributed by atoms with Crippen LogP contribution in [0.15, 0.2) is 0 Å². The zero-order valence-corrected chi connectivity index (χ0v) is 5.18. The molecular formula is C6H8O3. The Kier molecular flexibility index (Phi) is 1.17. The first-order valence-electron chi connectivity index (χ1n) is 2.80. The molecule has 0 amide bonds. The fourth-order valence-corrected chi connectivity index (χ4v) is 0.915. The normalized spacial score (nSPS) is 35.8. The minimum atomic E-state index is -1.36. The van der Waals surface area contributed by atoms with Crippen LogP contribution < -0.4 is 0 Å². The predicted molar refractivity (Wildman–Crippen MR) is 29.9 cm³/mol. The van der Waals surface area contributed by atoms with Crippen LogP contribution in [-0.4, -0.2) is 22.3 Å². The molecule has 0 radical (unpaired) electrons. The maximum atomic E-state index is 10.6. The molecular weight excluding hydrogens is 120 g/mol. The highest BCUT2D eigenvalue weighted by Gasteiger charge is 2.40. The fraction of sp³-hybridized carbons (Fsp3) is 0.667. The van der Waals surface area contributed by atoms with E-state index in [0.29, 0.717) is 0 Å². The molecule has 0 aromatic heterocycles. The number of hydrogen-bond donors (Lipinski definition) is 1. The van der Waals surface area contributed by atoms with E-state index in [9.17, 15) is 9.59 Å². The first-order chi connectivity index (χ1) is 4.02. The first-order valence-corrected chi connectivity index (χ1v) is 2.80. The van der Waals surface area contributed by atoms with Gasteiger partial charge in [-0.3, -0.25) is 9.59 Å². The second-order valence-corrected chi connectivity index (χ2v) is 2.59. The number of aliphatic hydroxyl groups is 1. The van der Waals surface area contributed by atoms with Crippen LogP contribution >= 0.6 is 0 Å². The van der Waals surface area contributed by atoms with Crippen LogP contribution in [0.3, 0.4) is 0 Å². The third-order valence-electron chi connectivity index (χ3n) is 1.50. The molecule has 0 aromatic rings. The maximum absolute atomic E-state index is 10.6. The number of hydrogen-bond acceptors (Lipinski definition) is 3. The summed E-state index contributed by atoms with van der Waals surface area (Å²) in [6.45, 7) is 1.38. The lowest BCUT2D eigenvalue weighted by Gasteiger charge is -2.09. The standard InChI is InChI=1S/C6H8O3/c1-6(9)3-4(7)2-5(6)8/h9H,2-3H2,1H3. The molecule has 1 fully saturated rings. The molecule has 1 aliphatic carbocycles. The number of carbonyl (C=O) groups excluding carboxylic acids is 2. The molecule has 0 heterocycles. The molecule has 3 heteroatoms. The van der Waals surface area contributed by atoms with Crippen LogP contribution in [0.25, 0.3) is 0 Å². The van der Waals surface area contributed by atoms with E-state index in [1.165, 1.54) is 6.92 Å². The van der Waals surface area contributed by atoms with Crippen molar-refractivity contribution in [3.05, 3.63) is 0 Å². The predicted octanol–water partition coefficient (Wildman–Crippen LogP) is -0.331. The quantitative estimate of drug-likeness (QED) is 0.454. The fourth-order valence-electron chi connectivity index (χ4n) is 0.915. The first kappa shape index (κ1) is 6.42. The molecule has 1 saturated carbocycles. The van der Waals surface area contributed by atoms with Gasteiger partial charge in [0, 0.05) is 6.42 Å². The second kappa shape index (κ2) is 1.64. The van der Waals surface area contributed by atoms with E-state index < -0.39 is 5.60 Å². The van der Waals surface area contributed by atoms with Gasteiger partial charge < -0.3 is 5.11 Å². The van der Waals surface area contributed by atoms with Gasteiger partial charge in [-0.1, -0.05) is 0 Å². The van der Waals surface area contributed by atoms with Crippen LogP contribution in [-0.2, 0) is 9.59 Å². The van der Waals surface area contributed by atoms with Gasteiger partial charge in [-0.05, 0) is 6.92 Å². The van der Waals surface area contributed by atoms with E-state index in [4.69, 9.17) is 5.11 Å². The van der Waals surface area contributed by atoms with E-state index in [1.54, 1.807) is 0 Å². The van der Waals surface area contributed by atoms with Crippen molar-refractivity contribution in [3.63, 3.8) is 0 Å². The van der Waals surface area contributed by atoms with Gasteiger partial charge in [-0.2, -0.15) is 0 Å². The molecule has 0 aromatic carbocycles. The zero-order chi connectivity index (χ0) is 7.07. The monoisotopic (exact) mass is 128 g/mol. The van der Waals surface area contributed by atoms with Crippen LogP contribution in [0.5, 0.6) is 0 Å². The maximum Gasteiger partial charge on any atom is 0.171 e. The van der Waals surface area contributed by atoms with Crippen LogP contribution in [0.1, 0.15) is 19.8 Å². The largest absolute Gasteiger partial charge is 0.382 e. The molecule has 1 unspecified atom stereocenters. The summed E-state index contributed by atoms with van der Waals surface area (Å²) in [6.07, 6.45) is -0.0984. The lowest BCUT2D eigenvalue weighted by atomic mass is 10.1. The molecule has 1 N–H and O–H groups in total. The Balaban J connectivity index is 2.81. The third-order valence-corrected chi connectivity index (χ3v) is 1.50. The molecule has 0 spiro atoms. The van der Waals surface area contributed by atoms with Gasteiger partial charge >= 0.3 is 0 Å². The Morgan fingerprint density at radius 3 is 2.22 bits per heavy atom. The van der Waals surface area contributed by atoms with E-state index in [0.717, 1.165) is 0 Å². The molecule has 0 bridgehead atoms. The average molecular weight is 128 g/mol. The molecule has 3 nitrogen and oxygen atoms in total. The van der Waals surface area contributed by atoms with Crippen molar-refractivity contribution in [3.8, 4) is 0 Å². The lowest BCUT2D eigenvalue weighted by molar-refractivity contribution is -0.131. The summed E-state index contributed by atoms with van der Waals surface area (Å²) in [5.41, 5.74) is -1.36. The molecule has 9 heavy (non-hydrogen) atoms. The minimum Gasteiger partial charge on any atom is -0.382 e. The SMILES string of the molecule is CC1(O)CC(=O)CC1=O. The third kappa shape index (κ3) is 1.00. The van der Waals surface area contributed by atoms with E-state index in [2.05, 4.69) is 0 Å². The van der Waals surface area contributed by atoms with Crippen molar-refractivity contribution in [2.45, 2.75) is 25.4 Å². The number of Topliss-reactive ketones (excluding diaryl/α,β-unsaturated/α-hetero) is 2. The van der Waals surface area contributed by atoms with Gasteiger partial charge in [0.05, 0.1) is 6.42 Å². The van der Waals surface area contributed by atoms with E-state index in [-0.39, 0.29) is 24.4 Å². The van der Waals surface area contributed by atoms with Gasteiger partial charge in [0.1, 0.15) is 11.4 Å². The molecule has 1 atom stereocenters. The van der Waals surface area contributed by atoms with Crippen molar-refractivity contribution in [1.29, 1.82) is 0 Å². The number of carbonyl (C=O) groups is 2. The summed E-state index contributed by atoms with van der Waals surface area (Å²) in [6, 6.07) is 0. The van der Waals surface area contributed by atoms with Crippen molar-refractivity contribution >= 4 is 11.6 Å². The van der Waals surface area contributed by atoms with Crippen molar-refractivity contribution in [2.24, 2.45) is 0 Å². The van der Waals surface area contributed by atoms with E-state index >= 15 is 0 Å². The summed E-state index contributed by atoms with van der Waals surface area (Å²) in [5, 5.41) is 9.06. The van der Waals surface area contributed by atoms with Crippen LogP contribution in [0.4, 0.5) is 0 Å². The molecule has 0 aliphatic heterocycles. The summed E-state index contributed by atoms with van der Waals surface area (Å²) in [5.74, 6) is -0.516. The number of ketones is 2. The smallest absolute Gasteiger partial charge is 0.171 e. The molecule has 1 aliphatic rings. The highest BCUT2D eigenvalue weighted by Crippen LogP contribution is 2.21. The lowest BCUT2D eigenvalue weighted by Crippen LogP contribution is -2.28. The minimum absolute atomic E-state index is 0.00810. The Morgan fingerprint density at radius 2 is 2.11 bits per heavy atom. The van der Waals surface area contributed by atoms with Crippen molar-refractivity contribution < 1.29 is 14.7 Å². The van der Waals surface area contributed by atoms with Gasteiger partial charge in [-0.25, -0.2) is 0 Å². The van der Waals surface area contributed by atoms with Gasteiger partial charge in [0.2, 0.25) is 0 Å². The molecule has 50 valence electrons. The van der Waals surface area contributed by atoms with Crippen LogP contribution in [0, 0.1) is 0 Å². The van der Waals surface area contributed by atoms with Gasteiger partial charge in [0.25, 0.3) is 0 Å². The van der Waals surface area contributed by atoms with Gasteiger partial charge in [0.15, 0.2) is 5.78 Å². The Hall–Kier alpha value is -0.700. The highest BCUT2D eigenvalue weighted by atomic mass is 16.3. The second-order valence-electron chi connectivity index (χ2n) is 2.59. The summed E-state index contributed by atoms with van der Waals surface area (Å²) < 4.78 is 0. The number of rotatable bonds is 0. The topological polar surface area (TPSA) is 54.4 Å². The van der Waals surface area contributed by atoms with Crippen LogP contribution in [0.2, 0.25) is 0 Å².